The van der Waals surface area contributed by atoms with Gasteiger partial charge in [-0.3, -0.25) is 19.2 Å². The van der Waals surface area contributed by atoms with Gasteiger partial charge in [-0.1, -0.05) is 42.5 Å². The third kappa shape index (κ3) is 7.17. The second kappa shape index (κ2) is 13.1. The maximum Gasteiger partial charge on any atom is 0.310 e. The zero-order valence-corrected chi connectivity index (χ0v) is 23.2. The van der Waals surface area contributed by atoms with Crippen LogP contribution in [-0.4, -0.2) is 80.5 Å². The predicted molar refractivity (Wildman–Crippen MR) is 147 cm³/mol. The first-order valence-corrected chi connectivity index (χ1v) is 14.6. The summed E-state index contributed by atoms with van der Waals surface area (Å²) in [6, 6.07) is 14.1. The van der Waals surface area contributed by atoms with E-state index in [1.165, 1.54) is 18.2 Å². The molecule has 4 rings (SSSR count). The lowest BCUT2D eigenvalue weighted by Crippen LogP contribution is -2.52. The second-order valence-corrected chi connectivity index (χ2v) is 11.6. The van der Waals surface area contributed by atoms with E-state index in [4.69, 9.17) is 15.2 Å². The fourth-order valence-electron chi connectivity index (χ4n) is 4.60. The first kappa shape index (κ1) is 29.9. The fraction of sp³-hybridized carbons (Fsp3) is 0.357. The van der Waals surface area contributed by atoms with E-state index < -0.39 is 63.8 Å². The van der Waals surface area contributed by atoms with Crippen molar-refractivity contribution in [2.75, 3.05) is 19.7 Å². The molecule has 1 fully saturated rings. The van der Waals surface area contributed by atoms with Crippen LogP contribution in [0.15, 0.2) is 77.2 Å². The zero-order chi connectivity index (χ0) is 29.6. The largest absolute Gasteiger partial charge is 0.433 e. The van der Waals surface area contributed by atoms with E-state index in [0.717, 1.165) is 4.90 Å². The van der Waals surface area contributed by atoms with E-state index in [1.807, 2.05) is 0 Å². The lowest BCUT2D eigenvalue weighted by atomic mass is 10.1. The number of carbonyl (C=O) groups excluding carboxylic acids is 4. The molecule has 2 aliphatic rings. The highest BCUT2D eigenvalue weighted by atomic mass is 32.2. The number of rotatable bonds is 10. The highest BCUT2D eigenvalue weighted by Gasteiger charge is 2.38. The van der Waals surface area contributed by atoms with Gasteiger partial charge in [-0.05, 0) is 43.2 Å². The van der Waals surface area contributed by atoms with Crippen LogP contribution in [0.4, 0.5) is 0 Å². The molecule has 0 aliphatic carbocycles. The van der Waals surface area contributed by atoms with Gasteiger partial charge in [0.2, 0.25) is 18.1 Å². The Morgan fingerprint density at radius 2 is 1.73 bits per heavy atom. The van der Waals surface area contributed by atoms with E-state index >= 15 is 0 Å². The highest BCUT2D eigenvalue weighted by Crippen LogP contribution is 2.23. The van der Waals surface area contributed by atoms with E-state index in [1.54, 1.807) is 55.5 Å². The molecule has 2 heterocycles. The van der Waals surface area contributed by atoms with E-state index in [0.29, 0.717) is 5.56 Å². The Hall–Kier alpha value is -4.07. The maximum atomic E-state index is 13.6. The number of hydrogen-bond acceptors (Lipinski definition) is 9. The molecule has 4 N–H and O–H groups in total. The van der Waals surface area contributed by atoms with E-state index in [9.17, 15) is 27.6 Å². The minimum absolute atomic E-state index is 0.00932. The molecule has 0 spiro atoms. The Morgan fingerprint density at radius 3 is 2.39 bits per heavy atom. The summed E-state index contributed by atoms with van der Waals surface area (Å²) in [5.74, 6) is -2.27. The highest BCUT2D eigenvalue weighted by molar-refractivity contribution is 7.92. The molecule has 2 aromatic rings. The van der Waals surface area contributed by atoms with Gasteiger partial charge in [0, 0.05) is 18.7 Å². The van der Waals surface area contributed by atoms with Gasteiger partial charge in [-0.2, -0.15) is 0 Å². The number of nitrogens with two attached hydrogens (primary N) is 1. The van der Waals surface area contributed by atoms with Gasteiger partial charge in [0.25, 0.3) is 5.91 Å². The lowest BCUT2D eigenvalue weighted by Gasteiger charge is -2.27. The molecule has 1 saturated heterocycles. The van der Waals surface area contributed by atoms with Crippen LogP contribution >= 0.6 is 0 Å². The molecule has 0 bridgehead atoms. The maximum absolute atomic E-state index is 13.6. The fourth-order valence-corrected chi connectivity index (χ4v) is 5.99. The lowest BCUT2D eigenvalue weighted by molar-refractivity contribution is -0.164. The Morgan fingerprint density at radius 1 is 1.07 bits per heavy atom. The van der Waals surface area contributed by atoms with Gasteiger partial charge in [-0.15, -0.1) is 0 Å². The number of benzene rings is 2. The Balaban J connectivity index is 1.57. The minimum Gasteiger partial charge on any atom is -0.433 e. The van der Waals surface area contributed by atoms with Crippen molar-refractivity contribution in [2.24, 2.45) is 5.73 Å². The van der Waals surface area contributed by atoms with Crippen LogP contribution in [0.1, 0.15) is 30.1 Å². The Kier molecular flexibility index (Phi) is 9.53. The summed E-state index contributed by atoms with van der Waals surface area (Å²) in [5, 5.41) is 3.83. The van der Waals surface area contributed by atoms with Crippen LogP contribution in [0, 0.1) is 0 Å². The summed E-state index contributed by atoms with van der Waals surface area (Å²) in [6.45, 7) is 1.20. The van der Waals surface area contributed by atoms with Gasteiger partial charge in [0.15, 0.2) is 9.84 Å². The number of sulfone groups is 1. The first-order valence-electron chi connectivity index (χ1n) is 13.1. The van der Waals surface area contributed by atoms with Gasteiger partial charge in [-0.25, -0.2) is 8.42 Å². The number of cyclic esters (lactones) is 1. The third-order valence-corrected chi connectivity index (χ3v) is 8.59. The molecule has 2 aliphatic heterocycles. The summed E-state index contributed by atoms with van der Waals surface area (Å²) >= 11 is 0. The molecule has 13 heteroatoms. The average molecular weight is 585 g/mol. The number of amides is 3. The van der Waals surface area contributed by atoms with Crippen molar-refractivity contribution < 1.29 is 37.1 Å². The molecule has 12 nitrogen and oxygen atoms in total. The van der Waals surface area contributed by atoms with Crippen LogP contribution in [0.3, 0.4) is 0 Å². The molecular formula is C28H32N4O8S. The number of hydrogen-bond donors (Lipinski definition) is 3. The van der Waals surface area contributed by atoms with Crippen LogP contribution in [0.5, 0.6) is 0 Å². The molecule has 0 aromatic heterocycles. The van der Waals surface area contributed by atoms with Crippen LogP contribution < -0.4 is 16.4 Å². The van der Waals surface area contributed by atoms with Crippen LogP contribution in [0.25, 0.3) is 0 Å². The molecule has 2 aromatic carbocycles. The molecule has 4 atom stereocenters. The zero-order valence-electron chi connectivity index (χ0n) is 22.4. The molecule has 218 valence electrons. The molecule has 3 amide bonds. The van der Waals surface area contributed by atoms with Crippen molar-refractivity contribution >= 4 is 33.5 Å². The first-order chi connectivity index (χ1) is 19.6. The van der Waals surface area contributed by atoms with Crippen LogP contribution in [0.2, 0.25) is 0 Å². The molecule has 4 unspecified atom stereocenters. The topological polar surface area (TPSA) is 174 Å². The van der Waals surface area contributed by atoms with Crippen molar-refractivity contribution in [3.63, 3.8) is 0 Å². The summed E-state index contributed by atoms with van der Waals surface area (Å²) in [7, 11) is -4.03. The number of nitrogens with one attached hydrogen (secondary N) is 2. The Labute approximate surface area is 237 Å². The minimum atomic E-state index is -4.03. The van der Waals surface area contributed by atoms with Gasteiger partial charge in [0.1, 0.15) is 17.5 Å². The van der Waals surface area contributed by atoms with E-state index in [2.05, 4.69) is 10.6 Å². The van der Waals surface area contributed by atoms with Gasteiger partial charge >= 0.3 is 5.97 Å². The second-order valence-electron chi connectivity index (χ2n) is 9.57. The molecule has 41 heavy (non-hydrogen) atoms. The average Bonchev–Trinajstić information content (AvgIpc) is 3.23. The standard InChI is InChI=1S/C28H32N4O8S/c1-2-39-28-22(15-24(34)40-28)30-23(33)17-32-16-19(25(29)41(37,38)20-11-7-4-8-12-20)13-14-21(27(32)36)31-26(35)18-9-5-3-6-10-18/h3-13,21-22,25,28H,2,14-17,29H2,1H3,(H,30,33)(H,31,35). The number of nitrogens with zero attached hydrogens (tertiary/aromatic N) is 1. The van der Waals surface area contributed by atoms with E-state index in [-0.39, 0.29) is 36.5 Å². The van der Waals surface area contributed by atoms with Gasteiger partial charge < -0.3 is 30.7 Å². The van der Waals surface area contributed by atoms with Crippen molar-refractivity contribution in [3.8, 4) is 0 Å². The summed E-state index contributed by atoms with van der Waals surface area (Å²) in [4.78, 5) is 52.4. The summed E-state index contributed by atoms with van der Waals surface area (Å²) in [6.07, 6.45) is 0.408. The third-order valence-electron chi connectivity index (χ3n) is 6.69. The molecular weight excluding hydrogens is 552 g/mol. The van der Waals surface area contributed by atoms with Crippen molar-refractivity contribution in [1.82, 2.24) is 15.5 Å². The number of ether oxygens (including phenoxy) is 2. The number of carbonyl (C=O) groups is 4. The monoisotopic (exact) mass is 584 g/mol. The quantitative estimate of drug-likeness (QED) is 0.265. The normalized spacial score (nSPS) is 21.9. The Bertz CT molecular complexity index is 1420. The molecule has 0 radical (unpaired) electrons. The van der Waals surface area contributed by atoms with Crippen molar-refractivity contribution in [3.05, 3.63) is 77.9 Å². The smallest absolute Gasteiger partial charge is 0.310 e. The summed E-state index contributed by atoms with van der Waals surface area (Å²) < 4.78 is 37.0. The van der Waals surface area contributed by atoms with Gasteiger partial charge in [0.05, 0.1) is 17.9 Å². The number of esters is 1. The van der Waals surface area contributed by atoms with Crippen molar-refractivity contribution in [1.29, 1.82) is 0 Å². The molecule has 0 saturated carbocycles. The van der Waals surface area contributed by atoms with Crippen molar-refractivity contribution in [2.45, 2.75) is 48.4 Å². The van der Waals surface area contributed by atoms with Crippen LogP contribution in [-0.2, 0) is 33.7 Å². The summed E-state index contributed by atoms with van der Waals surface area (Å²) in [5.41, 5.74) is 6.77. The predicted octanol–water partition coefficient (Wildman–Crippen LogP) is 0.497. The SMILES string of the molecule is CCOC1OC(=O)CC1NC(=O)CN1CC(C(N)S(=O)(=O)c2ccccc2)=CCC(NC(=O)c2ccccc2)C1=O.